The van der Waals surface area contributed by atoms with Crippen molar-refractivity contribution in [3.63, 3.8) is 0 Å². The second-order valence-electron chi connectivity index (χ2n) is 8.30. The lowest BCUT2D eigenvalue weighted by Gasteiger charge is -2.34. The van der Waals surface area contributed by atoms with Gasteiger partial charge in [0.2, 0.25) is 5.91 Å². The predicted molar refractivity (Wildman–Crippen MR) is 132 cm³/mol. The number of nitrogens with one attached hydrogen (secondary N) is 1. The average Bonchev–Trinajstić information content (AvgIpc) is 3.15. The van der Waals surface area contributed by atoms with Gasteiger partial charge in [-0.2, -0.15) is 0 Å². The van der Waals surface area contributed by atoms with Crippen LogP contribution in [0, 0.1) is 11.7 Å². The number of carbonyl (C=O) groups is 1. The molecule has 1 aliphatic rings. The molecule has 168 valence electrons. The van der Waals surface area contributed by atoms with Crippen LogP contribution in [0.5, 0.6) is 0 Å². The van der Waals surface area contributed by atoms with E-state index >= 15 is 0 Å². The number of anilines is 1. The van der Waals surface area contributed by atoms with Crippen LogP contribution in [0.3, 0.4) is 0 Å². The average molecular weight is 450 g/mol. The molecule has 7 heteroatoms. The number of carbonyl (C=O) groups excluding carboxylic acids is 1. The monoisotopic (exact) mass is 449 g/mol. The number of nitrogens with zero attached hydrogens (tertiary/aromatic N) is 4. The lowest BCUT2D eigenvalue weighted by atomic mass is 10.1. The van der Waals surface area contributed by atoms with Gasteiger partial charge in [-0.25, -0.2) is 0 Å². The van der Waals surface area contributed by atoms with E-state index in [-0.39, 0.29) is 5.91 Å². The van der Waals surface area contributed by atoms with Crippen LogP contribution in [-0.4, -0.2) is 57.6 Å². The molecule has 2 aromatic carbocycles. The van der Waals surface area contributed by atoms with Crippen molar-refractivity contribution >= 4 is 23.8 Å². The molecule has 2 heterocycles. The Morgan fingerprint density at radius 2 is 1.66 bits per heavy atom. The van der Waals surface area contributed by atoms with Crippen LogP contribution in [-0.2, 0) is 17.9 Å². The minimum atomic E-state index is 0.0527. The largest absolute Gasteiger partial charge is 0.325 e. The van der Waals surface area contributed by atoms with E-state index in [0.29, 0.717) is 6.54 Å². The highest BCUT2D eigenvalue weighted by molar-refractivity contribution is 7.71. The maximum absolute atomic E-state index is 12.5. The zero-order chi connectivity index (χ0) is 22.5. The van der Waals surface area contributed by atoms with Crippen molar-refractivity contribution in [2.45, 2.75) is 26.9 Å². The summed E-state index contributed by atoms with van der Waals surface area (Å²) in [6.45, 7) is 8.96. The van der Waals surface area contributed by atoms with E-state index in [1.807, 2.05) is 36.5 Å². The number of rotatable bonds is 7. The van der Waals surface area contributed by atoms with E-state index in [1.54, 1.807) is 0 Å². The van der Waals surface area contributed by atoms with Gasteiger partial charge < -0.3 is 9.88 Å². The molecule has 0 bridgehead atoms. The maximum Gasteiger partial charge on any atom is 0.238 e. The summed E-state index contributed by atoms with van der Waals surface area (Å²) < 4.78 is 4.99. The second kappa shape index (κ2) is 10.3. The summed E-state index contributed by atoms with van der Waals surface area (Å²) in [4.78, 5) is 17.2. The van der Waals surface area contributed by atoms with Crippen LogP contribution < -0.4 is 5.32 Å². The third-order valence-electron chi connectivity index (χ3n) is 6.08. The quantitative estimate of drug-likeness (QED) is 0.552. The number of aryl methyl sites for hydroxylation is 2. The molecule has 0 atom stereocenters. The molecule has 6 nitrogen and oxygen atoms in total. The zero-order valence-electron chi connectivity index (χ0n) is 18.8. The van der Waals surface area contributed by atoms with Crippen molar-refractivity contribution in [3.8, 4) is 5.69 Å². The summed E-state index contributed by atoms with van der Waals surface area (Å²) in [5.41, 5.74) is 4.41. The van der Waals surface area contributed by atoms with Crippen LogP contribution >= 0.6 is 12.2 Å². The van der Waals surface area contributed by atoms with Crippen molar-refractivity contribution in [3.05, 3.63) is 76.8 Å². The van der Waals surface area contributed by atoms with Gasteiger partial charge in [-0.15, -0.1) is 0 Å². The fourth-order valence-corrected chi connectivity index (χ4v) is 4.46. The van der Waals surface area contributed by atoms with Crippen molar-refractivity contribution in [2.24, 2.45) is 0 Å². The maximum atomic E-state index is 12.5. The second-order valence-corrected chi connectivity index (χ2v) is 8.67. The smallest absolute Gasteiger partial charge is 0.238 e. The Morgan fingerprint density at radius 3 is 2.41 bits per heavy atom. The molecule has 1 fully saturated rings. The fraction of sp³-hybridized carbons (Fsp3) is 0.360. The highest BCUT2D eigenvalue weighted by Crippen LogP contribution is 2.17. The molecule has 0 radical (unpaired) electrons. The predicted octanol–water partition coefficient (Wildman–Crippen LogP) is 4.09. The fourth-order valence-electron chi connectivity index (χ4n) is 4.19. The zero-order valence-corrected chi connectivity index (χ0v) is 19.6. The summed E-state index contributed by atoms with van der Waals surface area (Å²) in [7, 11) is 0. The van der Waals surface area contributed by atoms with E-state index in [4.69, 9.17) is 12.2 Å². The number of hydrogen-bond acceptors (Lipinski definition) is 4. The SMILES string of the molecule is CCc1ccccc1NC(=O)CN1CCN(Cn2ccn(-c3ccccc3C)c2=S)CC1. The molecule has 4 rings (SSSR count). The van der Waals surface area contributed by atoms with Crippen molar-refractivity contribution in [1.29, 1.82) is 0 Å². The van der Waals surface area contributed by atoms with E-state index in [9.17, 15) is 4.79 Å². The van der Waals surface area contributed by atoms with E-state index < -0.39 is 0 Å². The topological polar surface area (TPSA) is 45.4 Å². The van der Waals surface area contributed by atoms with Crippen LogP contribution in [0.4, 0.5) is 5.69 Å². The minimum absolute atomic E-state index is 0.0527. The molecule has 32 heavy (non-hydrogen) atoms. The molecule has 1 aromatic heterocycles. The molecule has 0 spiro atoms. The first-order valence-electron chi connectivity index (χ1n) is 11.2. The summed E-state index contributed by atoms with van der Waals surface area (Å²) in [6, 6.07) is 16.3. The van der Waals surface area contributed by atoms with Gasteiger partial charge in [-0.3, -0.25) is 19.2 Å². The first-order chi connectivity index (χ1) is 15.5. The molecule has 0 unspecified atom stereocenters. The first-order valence-corrected chi connectivity index (χ1v) is 11.6. The van der Waals surface area contributed by atoms with E-state index in [0.717, 1.165) is 55.4 Å². The highest BCUT2D eigenvalue weighted by Gasteiger charge is 2.20. The number of piperazine rings is 1. The van der Waals surface area contributed by atoms with E-state index in [2.05, 4.69) is 62.5 Å². The first kappa shape index (κ1) is 22.5. The van der Waals surface area contributed by atoms with Crippen LogP contribution in [0.25, 0.3) is 5.69 Å². The number of aromatic nitrogens is 2. The van der Waals surface area contributed by atoms with Gasteiger partial charge in [0.05, 0.1) is 18.9 Å². The Bertz CT molecular complexity index is 1130. The van der Waals surface area contributed by atoms with Crippen molar-refractivity contribution < 1.29 is 4.79 Å². The minimum Gasteiger partial charge on any atom is -0.325 e. The standard InChI is InChI=1S/C25H31N5OS/c1-3-21-9-5-6-10-22(21)26-24(31)18-27-12-14-28(15-13-27)19-29-16-17-30(25(29)32)23-11-7-4-8-20(23)2/h4-11,16-17H,3,12-15,18-19H2,1-2H3,(H,26,31). The number of para-hydroxylation sites is 2. The van der Waals surface area contributed by atoms with Crippen molar-refractivity contribution in [1.82, 2.24) is 18.9 Å². The Hall–Kier alpha value is -2.74. The van der Waals surface area contributed by atoms with Crippen molar-refractivity contribution in [2.75, 3.05) is 38.0 Å². The van der Waals surface area contributed by atoms with Gasteiger partial charge in [0.15, 0.2) is 4.77 Å². The molecular formula is C25H31N5OS. The van der Waals surface area contributed by atoms with Gasteiger partial charge in [-0.1, -0.05) is 43.3 Å². The lowest BCUT2D eigenvalue weighted by molar-refractivity contribution is -0.117. The summed E-state index contributed by atoms with van der Waals surface area (Å²) in [6.07, 6.45) is 5.00. The lowest BCUT2D eigenvalue weighted by Crippen LogP contribution is -2.48. The molecule has 3 aromatic rings. The molecule has 0 aliphatic carbocycles. The van der Waals surface area contributed by atoms with Gasteiger partial charge in [0.25, 0.3) is 0 Å². The third kappa shape index (κ3) is 5.18. The van der Waals surface area contributed by atoms with Gasteiger partial charge >= 0.3 is 0 Å². The Kier molecular flexibility index (Phi) is 7.19. The summed E-state index contributed by atoms with van der Waals surface area (Å²) in [5, 5.41) is 3.08. The number of benzene rings is 2. The number of imidazole rings is 1. The summed E-state index contributed by atoms with van der Waals surface area (Å²) in [5.74, 6) is 0.0527. The Labute approximate surface area is 195 Å². The molecular weight excluding hydrogens is 418 g/mol. The van der Waals surface area contributed by atoms with E-state index in [1.165, 1.54) is 11.1 Å². The molecule has 0 saturated carbocycles. The summed E-state index contributed by atoms with van der Waals surface area (Å²) >= 11 is 5.73. The molecule has 1 aliphatic heterocycles. The Morgan fingerprint density at radius 1 is 0.969 bits per heavy atom. The highest BCUT2D eigenvalue weighted by atomic mass is 32.1. The van der Waals surface area contributed by atoms with Gasteiger partial charge in [0, 0.05) is 44.3 Å². The third-order valence-corrected chi connectivity index (χ3v) is 6.51. The Balaban J connectivity index is 1.30. The normalized spacial score (nSPS) is 15.1. The van der Waals surface area contributed by atoms with Crippen LogP contribution in [0.2, 0.25) is 0 Å². The number of hydrogen-bond donors (Lipinski definition) is 1. The van der Waals surface area contributed by atoms with Crippen LogP contribution in [0.1, 0.15) is 18.1 Å². The molecule has 1 saturated heterocycles. The molecule has 1 amide bonds. The van der Waals surface area contributed by atoms with Gasteiger partial charge in [0.1, 0.15) is 0 Å². The van der Waals surface area contributed by atoms with Crippen LogP contribution in [0.15, 0.2) is 60.9 Å². The molecule has 1 N–H and O–H groups in total. The number of amides is 1. The van der Waals surface area contributed by atoms with Gasteiger partial charge in [-0.05, 0) is 48.8 Å².